The first kappa shape index (κ1) is 25.9. The maximum absolute atomic E-state index is 13.0. The van der Waals surface area contributed by atoms with Gasteiger partial charge in [0, 0.05) is 38.4 Å². The quantitative estimate of drug-likeness (QED) is 0.542. The van der Waals surface area contributed by atoms with Crippen molar-refractivity contribution in [2.45, 2.75) is 70.7 Å². The number of hydrogen-bond acceptors (Lipinski definition) is 6. The fraction of sp³-hybridized carbons (Fsp3) is 0.536. The first-order valence-corrected chi connectivity index (χ1v) is 12.9. The van der Waals surface area contributed by atoms with Gasteiger partial charge in [-0.2, -0.15) is 0 Å². The molecule has 4 rings (SSSR count). The lowest BCUT2D eigenvalue weighted by Gasteiger charge is -2.31. The highest BCUT2D eigenvalue weighted by molar-refractivity contribution is 5.86. The van der Waals surface area contributed by atoms with E-state index in [0.717, 1.165) is 37.4 Å². The number of nitrogens with zero attached hydrogens (tertiary/aromatic N) is 2. The van der Waals surface area contributed by atoms with E-state index in [2.05, 4.69) is 20.5 Å². The van der Waals surface area contributed by atoms with Crippen LogP contribution in [0.5, 0.6) is 5.88 Å². The van der Waals surface area contributed by atoms with Gasteiger partial charge in [-0.25, -0.2) is 9.78 Å². The van der Waals surface area contributed by atoms with E-state index in [1.807, 2.05) is 30.3 Å². The molecule has 194 valence electrons. The molecule has 0 bridgehead atoms. The zero-order valence-electron chi connectivity index (χ0n) is 21.5. The van der Waals surface area contributed by atoms with Gasteiger partial charge < -0.3 is 25.0 Å². The predicted molar refractivity (Wildman–Crippen MR) is 137 cm³/mol. The van der Waals surface area contributed by atoms with Gasteiger partial charge in [-0.05, 0) is 63.5 Å². The highest BCUT2D eigenvalue weighted by Gasteiger charge is 2.28. The molecule has 0 spiro atoms. The van der Waals surface area contributed by atoms with E-state index in [4.69, 9.17) is 9.47 Å². The minimum absolute atomic E-state index is 0.198. The zero-order valence-corrected chi connectivity index (χ0v) is 21.5. The number of aromatic nitrogens is 1. The molecule has 0 radical (unpaired) electrons. The molecule has 2 N–H and O–H groups in total. The van der Waals surface area contributed by atoms with Crippen LogP contribution in [0.2, 0.25) is 0 Å². The van der Waals surface area contributed by atoms with E-state index in [9.17, 15) is 9.59 Å². The van der Waals surface area contributed by atoms with Crippen LogP contribution in [0.4, 0.5) is 4.79 Å². The summed E-state index contributed by atoms with van der Waals surface area (Å²) in [6.07, 6.45) is 6.10. The number of amides is 2. The third kappa shape index (κ3) is 8.22. The standard InChI is InChI=1S/C28H38N4O4/c1-28(2,3)36-27(34)31-25(22-7-5-4-6-8-22)26(33)30-18-21-11-12-24(29-17-21)35-23-13-15-32(16-14-23)19-20-9-10-20/h4-8,11-12,17,20,23,25H,9-10,13-16,18-19H2,1-3H3,(H,30,33)(H,31,34)/t25-/m0/s1. The van der Waals surface area contributed by atoms with E-state index in [1.165, 1.54) is 19.4 Å². The van der Waals surface area contributed by atoms with Crippen LogP contribution in [-0.4, -0.2) is 53.2 Å². The number of hydrogen-bond donors (Lipinski definition) is 2. The molecule has 1 aromatic heterocycles. The molecule has 8 nitrogen and oxygen atoms in total. The average molecular weight is 495 g/mol. The zero-order chi connectivity index (χ0) is 25.5. The van der Waals surface area contributed by atoms with Crippen molar-refractivity contribution in [3.8, 4) is 5.88 Å². The van der Waals surface area contributed by atoms with Crippen molar-refractivity contribution in [1.29, 1.82) is 0 Å². The lowest BCUT2D eigenvalue weighted by Crippen LogP contribution is -2.42. The molecule has 1 aromatic carbocycles. The van der Waals surface area contributed by atoms with Gasteiger partial charge in [0.15, 0.2) is 0 Å². The summed E-state index contributed by atoms with van der Waals surface area (Å²) < 4.78 is 11.4. The minimum Gasteiger partial charge on any atom is -0.474 e. The number of likely N-dealkylation sites (tertiary alicyclic amines) is 1. The van der Waals surface area contributed by atoms with Gasteiger partial charge >= 0.3 is 6.09 Å². The molecule has 1 aliphatic carbocycles. The van der Waals surface area contributed by atoms with Crippen molar-refractivity contribution in [1.82, 2.24) is 20.5 Å². The van der Waals surface area contributed by atoms with Gasteiger partial charge in [0.2, 0.25) is 11.8 Å². The van der Waals surface area contributed by atoms with Crippen LogP contribution in [0, 0.1) is 5.92 Å². The molecular formula is C28H38N4O4. The van der Waals surface area contributed by atoms with Crippen molar-refractivity contribution >= 4 is 12.0 Å². The molecule has 1 aliphatic heterocycles. The number of nitrogens with one attached hydrogen (secondary N) is 2. The fourth-order valence-electron chi connectivity index (χ4n) is 4.29. The second-order valence-corrected chi connectivity index (χ2v) is 10.8. The van der Waals surface area contributed by atoms with Crippen LogP contribution < -0.4 is 15.4 Å². The number of carbonyl (C=O) groups is 2. The average Bonchev–Trinajstić information content (AvgIpc) is 3.67. The molecule has 2 amide bonds. The molecule has 2 heterocycles. The maximum Gasteiger partial charge on any atom is 0.408 e. The van der Waals surface area contributed by atoms with Gasteiger partial charge in [-0.15, -0.1) is 0 Å². The second-order valence-electron chi connectivity index (χ2n) is 10.8. The number of pyridine rings is 1. The Balaban J connectivity index is 1.27. The maximum atomic E-state index is 13.0. The summed E-state index contributed by atoms with van der Waals surface area (Å²) in [6.45, 7) is 9.04. The van der Waals surface area contributed by atoms with E-state index >= 15 is 0 Å². The minimum atomic E-state index is -0.873. The molecule has 2 aromatic rings. The third-order valence-corrected chi connectivity index (χ3v) is 6.36. The Morgan fingerprint density at radius 2 is 1.78 bits per heavy atom. The normalized spacial score (nSPS) is 17.8. The summed E-state index contributed by atoms with van der Waals surface area (Å²) in [6, 6.07) is 12.0. The second kappa shape index (κ2) is 11.7. The molecule has 1 atom stereocenters. The van der Waals surface area contributed by atoms with Crippen LogP contribution in [-0.2, 0) is 16.1 Å². The Hall–Kier alpha value is -3.13. The number of rotatable bonds is 9. The highest BCUT2D eigenvalue weighted by atomic mass is 16.6. The fourth-order valence-corrected chi connectivity index (χ4v) is 4.29. The summed E-state index contributed by atoms with van der Waals surface area (Å²) in [7, 11) is 0. The van der Waals surface area contributed by atoms with Crippen molar-refractivity contribution in [3.63, 3.8) is 0 Å². The molecule has 36 heavy (non-hydrogen) atoms. The van der Waals surface area contributed by atoms with Crippen molar-refractivity contribution in [3.05, 3.63) is 59.8 Å². The molecule has 1 saturated heterocycles. The molecule has 2 fully saturated rings. The molecule has 2 aliphatic rings. The van der Waals surface area contributed by atoms with E-state index in [1.54, 1.807) is 39.1 Å². The first-order chi connectivity index (χ1) is 17.2. The summed E-state index contributed by atoms with van der Waals surface area (Å²) in [5.74, 6) is 1.21. The Labute approximate surface area is 213 Å². The Morgan fingerprint density at radius 3 is 2.39 bits per heavy atom. The summed E-state index contributed by atoms with van der Waals surface area (Å²) in [5, 5.41) is 5.58. The van der Waals surface area contributed by atoms with Crippen molar-refractivity contribution in [2.75, 3.05) is 19.6 Å². The van der Waals surface area contributed by atoms with E-state index < -0.39 is 17.7 Å². The van der Waals surface area contributed by atoms with Crippen LogP contribution >= 0.6 is 0 Å². The topological polar surface area (TPSA) is 92.8 Å². The number of ether oxygens (including phenoxy) is 2. The Morgan fingerprint density at radius 1 is 1.06 bits per heavy atom. The lowest BCUT2D eigenvalue weighted by molar-refractivity contribution is -0.123. The number of piperidine rings is 1. The van der Waals surface area contributed by atoms with Gasteiger partial charge in [-0.1, -0.05) is 36.4 Å². The van der Waals surface area contributed by atoms with E-state index in [-0.39, 0.29) is 18.6 Å². The third-order valence-electron chi connectivity index (χ3n) is 6.36. The molecular weight excluding hydrogens is 456 g/mol. The number of benzene rings is 1. The van der Waals surface area contributed by atoms with Gasteiger partial charge in [0.25, 0.3) is 0 Å². The highest BCUT2D eigenvalue weighted by Crippen LogP contribution is 2.30. The monoisotopic (exact) mass is 494 g/mol. The Kier molecular flexibility index (Phi) is 8.46. The van der Waals surface area contributed by atoms with Gasteiger partial charge in [0.1, 0.15) is 17.7 Å². The molecule has 0 unspecified atom stereocenters. The number of alkyl carbamates (subject to hydrolysis) is 1. The van der Waals surface area contributed by atoms with E-state index in [0.29, 0.717) is 11.4 Å². The Bertz CT molecular complexity index is 994. The van der Waals surface area contributed by atoms with Crippen molar-refractivity contribution < 1.29 is 19.1 Å². The predicted octanol–water partition coefficient (Wildman–Crippen LogP) is 4.22. The summed E-state index contributed by atoms with van der Waals surface area (Å²) in [5.41, 5.74) is 0.857. The van der Waals surface area contributed by atoms with Crippen LogP contribution in [0.15, 0.2) is 48.7 Å². The van der Waals surface area contributed by atoms with Crippen molar-refractivity contribution in [2.24, 2.45) is 5.92 Å². The SMILES string of the molecule is CC(C)(C)OC(=O)N[C@H](C(=O)NCc1ccc(OC2CCN(CC3CC3)CC2)nc1)c1ccccc1. The number of carbonyl (C=O) groups excluding carboxylic acids is 2. The van der Waals surface area contributed by atoms with Gasteiger partial charge in [-0.3, -0.25) is 4.79 Å². The van der Waals surface area contributed by atoms with Crippen LogP contribution in [0.3, 0.4) is 0 Å². The summed E-state index contributed by atoms with van der Waals surface area (Å²) in [4.78, 5) is 32.4. The van der Waals surface area contributed by atoms with Gasteiger partial charge in [0.05, 0.1) is 0 Å². The smallest absolute Gasteiger partial charge is 0.408 e. The molecule has 1 saturated carbocycles. The lowest BCUT2D eigenvalue weighted by atomic mass is 10.1. The van der Waals surface area contributed by atoms with Crippen LogP contribution in [0.1, 0.15) is 63.6 Å². The summed E-state index contributed by atoms with van der Waals surface area (Å²) >= 11 is 0. The first-order valence-electron chi connectivity index (χ1n) is 12.9. The van der Waals surface area contributed by atoms with Crippen LogP contribution in [0.25, 0.3) is 0 Å². The molecule has 8 heteroatoms. The largest absolute Gasteiger partial charge is 0.474 e.